The number of benzene rings is 2. The maximum atomic E-state index is 6.01. The number of aryl methyl sites for hydroxylation is 1. The first kappa shape index (κ1) is 13.7. The van der Waals surface area contributed by atoms with E-state index in [1.165, 1.54) is 11.1 Å². The van der Waals surface area contributed by atoms with Crippen molar-refractivity contribution in [2.24, 2.45) is 0 Å². The fourth-order valence-corrected chi connectivity index (χ4v) is 2.68. The van der Waals surface area contributed by atoms with Crippen LogP contribution in [-0.2, 0) is 12.8 Å². The standard InChI is InChI=1S/C19H20O2/c1-2-12-20-17-10-11-19-16(13-17)14-18(21-19)9-8-15-6-4-3-5-7-15/h2-7,10-11,13,18H,1,8-9,12,14H2/t18-/m1/s1. The zero-order chi connectivity index (χ0) is 14.5. The maximum Gasteiger partial charge on any atom is 0.123 e. The quantitative estimate of drug-likeness (QED) is 0.739. The minimum absolute atomic E-state index is 0.273. The molecule has 0 amide bonds. The Balaban J connectivity index is 1.58. The zero-order valence-electron chi connectivity index (χ0n) is 12.1. The number of ether oxygens (including phenoxy) is 2. The summed E-state index contributed by atoms with van der Waals surface area (Å²) in [6.45, 7) is 4.20. The predicted octanol–water partition coefficient (Wildman–Crippen LogP) is 4.19. The average molecular weight is 280 g/mol. The highest BCUT2D eigenvalue weighted by Gasteiger charge is 2.23. The lowest BCUT2D eigenvalue weighted by Gasteiger charge is -2.10. The molecule has 21 heavy (non-hydrogen) atoms. The molecule has 0 saturated heterocycles. The van der Waals surface area contributed by atoms with Crippen LogP contribution in [0.4, 0.5) is 0 Å². The predicted molar refractivity (Wildman–Crippen MR) is 85.0 cm³/mol. The minimum atomic E-state index is 0.273. The van der Waals surface area contributed by atoms with Crippen LogP contribution in [0.25, 0.3) is 0 Å². The van der Waals surface area contributed by atoms with E-state index in [2.05, 4.69) is 43.0 Å². The lowest BCUT2D eigenvalue weighted by atomic mass is 10.0. The molecule has 2 nitrogen and oxygen atoms in total. The van der Waals surface area contributed by atoms with Crippen molar-refractivity contribution in [1.29, 1.82) is 0 Å². The van der Waals surface area contributed by atoms with E-state index < -0.39 is 0 Å². The third-order valence-electron chi connectivity index (χ3n) is 3.74. The van der Waals surface area contributed by atoms with E-state index in [4.69, 9.17) is 9.47 Å². The minimum Gasteiger partial charge on any atom is -0.490 e. The van der Waals surface area contributed by atoms with Crippen molar-refractivity contribution in [2.45, 2.75) is 25.4 Å². The summed E-state index contributed by atoms with van der Waals surface area (Å²) in [5, 5.41) is 0. The second-order valence-electron chi connectivity index (χ2n) is 5.34. The van der Waals surface area contributed by atoms with Crippen LogP contribution in [-0.4, -0.2) is 12.7 Å². The van der Waals surface area contributed by atoms with Gasteiger partial charge >= 0.3 is 0 Å². The number of hydrogen-bond acceptors (Lipinski definition) is 2. The molecule has 108 valence electrons. The Morgan fingerprint density at radius 1 is 1.19 bits per heavy atom. The lowest BCUT2D eigenvalue weighted by Crippen LogP contribution is -2.13. The number of fused-ring (bicyclic) bond motifs is 1. The summed E-state index contributed by atoms with van der Waals surface area (Å²) in [5.74, 6) is 1.89. The molecule has 0 bridgehead atoms. The van der Waals surface area contributed by atoms with Gasteiger partial charge in [-0.05, 0) is 36.6 Å². The molecule has 0 unspecified atom stereocenters. The van der Waals surface area contributed by atoms with Crippen molar-refractivity contribution >= 4 is 0 Å². The van der Waals surface area contributed by atoms with Gasteiger partial charge in [0.2, 0.25) is 0 Å². The molecule has 2 aromatic carbocycles. The van der Waals surface area contributed by atoms with E-state index in [1.807, 2.05) is 12.1 Å². The average Bonchev–Trinajstić information content (AvgIpc) is 2.94. The van der Waals surface area contributed by atoms with Gasteiger partial charge in [-0.3, -0.25) is 0 Å². The lowest BCUT2D eigenvalue weighted by molar-refractivity contribution is 0.222. The van der Waals surface area contributed by atoms with E-state index >= 15 is 0 Å². The van der Waals surface area contributed by atoms with Crippen molar-refractivity contribution in [1.82, 2.24) is 0 Å². The highest BCUT2D eigenvalue weighted by molar-refractivity contribution is 5.43. The molecule has 1 atom stereocenters. The third-order valence-corrected chi connectivity index (χ3v) is 3.74. The topological polar surface area (TPSA) is 18.5 Å². The summed E-state index contributed by atoms with van der Waals surface area (Å²) >= 11 is 0. The Bertz CT molecular complexity index is 604. The zero-order valence-corrected chi connectivity index (χ0v) is 12.1. The second-order valence-corrected chi connectivity index (χ2v) is 5.34. The summed E-state index contributed by atoms with van der Waals surface area (Å²) < 4.78 is 11.6. The Labute approximate surface area is 126 Å². The fourth-order valence-electron chi connectivity index (χ4n) is 2.68. The summed E-state index contributed by atoms with van der Waals surface area (Å²) in [7, 11) is 0. The van der Waals surface area contributed by atoms with Gasteiger partial charge in [0.05, 0.1) is 0 Å². The normalized spacial score (nSPS) is 16.1. The maximum absolute atomic E-state index is 6.01. The summed E-state index contributed by atoms with van der Waals surface area (Å²) in [6, 6.07) is 16.6. The van der Waals surface area contributed by atoms with Gasteiger partial charge in [-0.2, -0.15) is 0 Å². The van der Waals surface area contributed by atoms with Gasteiger partial charge in [-0.15, -0.1) is 0 Å². The molecule has 0 aliphatic carbocycles. The van der Waals surface area contributed by atoms with E-state index in [9.17, 15) is 0 Å². The molecule has 1 aliphatic heterocycles. The van der Waals surface area contributed by atoms with Gasteiger partial charge in [-0.1, -0.05) is 43.0 Å². The van der Waals surface area contributed by atoms with Crippen LogP contribution >= 0.6 is 0 Å². The third kappa shape index (κ3) is 3.46. The van der Waals surface area contributed by atoms with Crippen LogP contribution in [0.1, 0.15) is 17.5 Å². The summed E-state index contributed by atoms with van der Waals surface area (Å²) in [4.78, 5) is 0. The van der Waals surface area contributed by atoms with Crippen molar-refractivity contribution in [2.75, 3.05) is 6.61 Å². The SMILES string of the molecule is C=CCOc1ccc2c(c1)C[C@@H](CCc1ccccc1)O2. The molecular formula is C19H20O2. The highest BCUT2D eigenvalue weighted by atomic mass is 16.5. The van der Waals surface area contributed by atoms with Gasteiger partial charge in [0.15, 0.2) is 0 Å². The van der Waals surface area contributed by atoms with Crippen molar-refractivity contribution in [3.63, 3.8) is 0 Å². The van der Waals surface area contributed by atoms with Gasteiger partial charge in [-0.25, -0.2) is 0 Å². The molecule has 0 spiro atoms. The Morgan fingerprint density at radius 3 is 2.86 bits per heavy atom. The van der Waals surface area contributed by atoms with E-state index in [0.29, 0.717) is 6.61 Å². The fraction of sp³-hybridized carbons (Fsp3) is 0.263. The first-order valence-electron chi connectivity index (χ1n) is 7.42. The van der Waals surface area contributed by atoms with Crippen molar-refractivity contribution in [3.8, 4) is 11.5 Å². The molecule has 0 saturated carbocycles. The second kappa shape index (κ2) is 6.49. The molecule has 1 aliphatic rings. The number of hydrogen-bond donors (Lipinski definition) is 0. The molecule has 1 heterocycles. The van der Waals surface area contributed by atoms with Crippen molar-refractivity contribution in [3.05, 3.63) is 72.3 Å². The van der Waals surface area contributed by atoms with Crippen molar-refractivity contribution < 1.29 is 9.47 Å². The van der Waals surface area contributed by atoms with E-state index in [1.54, 1.807) is 6.08 Å². The van der Waals surface area contributed by atoms with Gasteiger partial charge < -0.3 is 9.47 Å². The van der Waals surface area contributed by atoms with Crippen LogP contribution in [0.2, 0.25) is 0 Å². The highest BCUT2D eigenvalue weighted by Crippen LogP contribution is 2.33. The van der Waals surface area contributed by atoms with Crippen LogP contribution in [0.15, 0.2) is 61.2 Å². The molecule has 0 N–H and O–H groups in total. The first-order valence-corrected chi connectivity index (χ1v) is 7.42. The molecule has 3 rings (SSSR count). The Morgan fingerprint density at radius 2 is 2.05 bits per heavy atom. The Hall–Kier alpha value is -2.22. The first-order chi connectivity index (χ1) is 10.3. The van der Waals surface area contributed by atoms with Crippen LogP contribution in [0.5, 0.6) is 11.5 Å². The molecule has 2 aromatic rings. The van der Waals surface area contributed by atoms with Crippen LogP contribution < -0.4 is 9.47 Å². The Kier molecular flexibility index (Phi) is 4.25. The number of rotatable bonds is 6. The molecule has 2 heteroatoms. The van der Waals surface area contributed by atoms with E-state index in [-0.39, 0.29) is 6.10 Å². The van der Waals surface area contributed by atoms with Gasteiger partial charge in [0.1, 0.15) is 24.2 Å². The summed E-state index contributed by atoms with van der Waals surface area (Å²) in [5.41, 5.74) is 2.61. The van der Waals surface area contributed by atoms with Gasteiger partial charge in [0, 0.05) is 12.0 Å². The molecular weight excluding hydrogens is 260 g/mol. The smallest absolute Gasteiger partial charge is 0.123 e. The van der Waals surface area contributed by atoms with Crippen LogP contribution in [0, 0.1) is 0 Å². The van der Waals surface area contributed by atoms with E-state index in [0.717, 1.165) is 30.8 Å². The molecule has 0 radical (unpaired) electrons. The van der Waals surface area contributed by atoms with Gasteiger partial charge in [0.25, 0.3) is 0 Å². The monoisotopic (exact) mass is 280 g/mol. The summed E-state index contributed by atoms with van der Waals surface area (Å²) in [6.07, 6.45) is 5.09. The molecule has 0 fully saturated rings. The largest absolute Gasteiger partial charge is 0.490 e. The van der Waals surface area contributed by atoms with Crippen LogP contribution in [0.3, 0.4) is 0 Å². The molecule has 0 aromatic heterocycles.